The molecule has 0 heterocycles. The smallest absolute Gasteiger partial charge is 0.00554 e. The van der Waals surface area contributed by atoms with Gasteiger partial charge in [-0.2, -0.15) is 11.8 Å². The fourth-order valence-corrected chi connectivity index (χ4v) is 2.57. The van der Waals surface area contributed by atoms with Crippen LogP contribution in [0.1, 0.15) is 32.8 Å². The topological polar surface area (TPSA) is 12.0 Å². The number of hydrogen-bond acceptors (Lipinski definition) is 2. The van der Waals surface area contributed by atoms with Crippen LogP contribution in [0.25, 0.3) is 0 Å². The fraction of sp³-hybridized carbons (Fsp3) is 0.600. The van der Waals surface area contributed by atoms with Gasteiger partial charge >= 0.3 is 0 Å². The molecule has 1 rings (SSSR count). The molecule has 0 fully saturated rings. The highest BCUT2D eigenvalue weighted by atomic mass is 32.2. The lowest BCUT2D eigenvalue weighted by Gasteiger charge is -2.29. The van der Waals surface area contributed by atoms with Crippen LogP contribution in [0.4, 0.5) is 0 Å². The van der Waals surface area contributed by atoms with E-state index in [0.29, 0.717) is 6.04 Å². The zero-order chi connectivity index (χ0) is 12.7. The van der Waals surface area contributed by atoms with Crippen LogP contribution < -0.4 is 5.32 Å². The van der Waals surface area contributed by atoms with E-state index in [-0.39, 0.29) is 5.41 Å². The quantitative estimate of drug-likeness (QED) is 0.742. The van der Waals surface area contributed by atoms with Crippen molar-refractivity contribution in [2.24, 2.45) is 0 Å². The number of benzene rings is 1. The molecule has 1 aromatic rings. The molecule has 0 aliphatic rings. The summed E-state index contributed by atoms with van der Waals surface area (Å²) in [5.74, 6) is 1.19. The minimum absolute atomic E-state index is 0.243. The highest BCUT2D eigenvalue weighted by Crippen LogP contribution is 2.27. The van der Waals surface area contributed by atoms with Gasteiger partial charge in [-0.05, 0) is 30.6 Å². The standard InChI is InChI=1S/C15H25NS/c1-13(16-10-11-17-4)12-15(2,3)14-8-6-5-7-9-14/h5-9,13,16H,10-12H2,1-4H3. The van der Waals surface area contributed by atoms with Crippen molar-refractivity contribution in [3.8, 4) is 0 Å². The minimum Gasteiger partial charge on any atom is -0.313 e. The molecule has 17 heavy (non-hydrogen) atoms. The van der Waals surface area contributed by atoms with Gasteiger partial charge in [-0.25, -0.2) is 0 Å². The third-order valence-electron chi connectivity index (χ3n) is 3.17. The molecule has 0 saturated carbocycles. The van der Waals surface area contributed by atoms with E-state index in [1.165, 1.54) is 17.7 Å². The zero-order valence-electron chi connectivity index (χ0n) is 11.5. The van der Waals surface area contributed by atoms with Gasteiger partial charge < -0.3 is 5.32 Å². The summed E-state index contributed by atoms with van der Waals surface area (Å²) in [6.07, 6.45) is 3.33. The fourth-order valence-electron chi connectivity index (χ4n) is 2.25. The first-order valence-corrected chi connectivity index (χ1v) is 7.73. The Bertz CT molecular complexity index is 308. The van der Waals surface area contributed by atoms with Crippen molar-refractivity contribution < 1.29 is 0 Å². The molecule has 2 heteroatoms. The summed E-state index contributed by atoms with van der Waals surface area (Å²) >= 11 is 1.90. The van der Waals surface area contributed by atoms with Gasteiger partial charge in [0.1, 0.15) is 0 Å². The molecule has 1 N–H and O–H groups in total. The van der Waals surface area contributed by atoms with Gasteiger partial charge in [-0.3, -0.25) is 0 Å². The van der Waals surface area contributed by atoms with Gasteiger partial charge in [0.2, 0.25) is 0 Å². The molecule has 0 amide bonds. The Morgan fingerprint density at radius 1 is 1.24 bits per heavy atom. The Hall–Kier alpha value is -0.470. The van der Waals surface area contributed by atoms with E-state index in [1.54, 1.807) is 0 Å². The number of nitrogens with one attached hydrogen (secondary N) is 1. The van der Waals surface area contributed by atoms with Crippen LogP contribution in [0.3, 0.4) is 0 Å². The molecule has 0 aliphatic heterocycles. The van der Waals surface area contributed by atoms with Crippen molar-refractivity contribution >= 4 is 11.8 Å². The van der Waals surface area contributed by atoms with Crippen LogP contribution in [-0.4, -0.2) is 24.6 Å². The molecule has 96 valence electrons. The largest absolute Gasteiger partial charge is 0.313 e. The molecule has 1 atom stereocenters. The summed E-state index contributed by atoms with van der Waals surface area (Å²) < 4.78 is 0. The highest BCUT2D eigenvalue weighted by Gasteiger charge is 2.22. The summed E-state index contributed by atoms with van der Waals surface area (Å²) in [5.41, 5.74) is 1.67. The summed E-state index contributed by atoms with van der Waals surface area (Å²) in [4.78, 5) is 0. The summed E-state index contributed by atoms with van der Waals surface area (Å²) in [5, 5.41) is 3.59. The third-order valence-corrected chi connectivity index (χ3v) is 3.78. The normalized spacial score (nSPS) is 13.6. The average Bonchev–Trinajstić information content (AvgIpc) is 2.30. The summed E-state index contributed by atoms with van der Waals surface area (Å²) in [6, 6.07) is 11.4. The molecule has 0 radical (unpaired) electrons. The van der Waals surface area contributed by atoms with Crippen LogP contribution in [0.5, 0.6) is 0 Å². The number of hydrogen-bond donors (Lipinski definition) is 1. The Morgan fingerprint density at radius 3 is 2.47 bits per heavy atom. The van der Waals surface area contributed by atoms with Gasteiger partial charge in [0.05, 0.1) is 0 Å². The van der Waals surface area contributed by atoms with Crippen molar-refractivity contribution in [3.05, 3.63) is 35.9 Å². The predicted octanol–water partition coefficient (Wildman–Crippen LogP) is 3.70. The molecule has 1 unspecified atom stereocenters. The minimum atomic E-state index is 0.243. The number of thioether (sulfide) groups is 1. The third kappa shape index (κ3) is 5.13. The molecule has 1 nitrogen and oxygen atoms in total. The van der Waals surface area contributed by atoms with E-state index in [9.17, 15) is 0 Å². The molecular formula is C15H25NS. The monoisotopic (exact) mass is 251 g/mol. The van der Waals surface area contributed by atoms with E-state index < -0.39 is 0 Å². The summed E-state index contributed by atoms with van der Waals surface area (Å²) in [6.45, 7) is 8.04. The van der Waals surface area contributed by atoms with Crippen molar-refractivity contribution in [3.63, 3.8) is 0 Å². The molecule has 0 aliphatic carbocycles. The number of rotatable bonds is 7. The Balaban J connectivity index is 2.49. The van der Waals surface area contributed by atoms with Gasteiger partial charge in [0, 0.05) is 18.3 Å². The van der Waals surface area contributed by atoms with Crippen LogP contribution in [0, 0.1) is 0 Å². The lowest BCUT2D eigenvalue weighted by Crippen LogP contribution is -2.34. The Labute approximate surface area is 110 Å². The van der Waals surface area contributed by atoms with Gasteiger partial charge in [-0.1, -0.05) is 44.2 Å². The molecule has 0 spiro atoms. The van der Waals surface area contributed by atoms with Gasteiger partial charge in [0.15, 0.2) is 0 Å². The highest BCUT2D eigenvalue weighted by molar-refractivity contribution is 7.98. The zero-order valence-corrected chi connectivity index (χ0v) is 12.3. The van der Waals surface area contributed by atoms with E-state index in [2.05, 4.69) is 62.7 Å². The van der Waals surface area contributed by atoms with Crippen molar-refractivity contribution in [2.75, 3.05) is 18.6 Å². The first-order chi connectivity index (χ1) is 8.06. The maximum absolute atomic E-state index is 3.59. The molecule has 0 saturated heterocycles. The molecule has 0 aromatic heterocycles. The molecule has 1 aromatic carbocycles. The van der Waals surface area contributed by atoms with Crippen LogP contribution in [-0.2, 0) is 5.41 Å². The Morgan fingerprint density at radius 2 is 1.88 bits per heavy atom. The van der Waals surface area contributed by atoms with E-state index in [1.807, 2.05) is 11.8 Å². The van der Waals surface area contributed by atoms with Crippen molar-refractivity contribution in [1.82, 2.24) is 5.32 Å². The second-order valence-electron chi connectivity index (χ2n) is 5.30. The van der Waals surface area contributed by atoms with Gasteiger partial charge in [0.25, 0.3) is 0 Å². The second kappa shape index (κ2) is 7.07. The lowest BCUT2D eigenvalue weighted by atomic mass is 9.79. The first kappa shape index (κ1) is 14.6. The molecular weight excluding hydrogens is 226 g/mol. The Kier molecular flexibility index (Phi) is 6.07. The maximum atomic E-state index is 3.59. The van der Waals surface area contributed by atoms with Gasteiger partial charge in [-0.15, -0.1) is 0 Å². The van der Waals surface area contributed by atoms with E-state index in [4.69, 9.17) is 0 Å². The average molecular weight is 251 g/mol. The maximum Gasteiger partial charge on any atom is 0.00554 e. The predicted molar refractivity (Wildman–Crippen MR) is 79.9 cm³/mol. The van der Waals surface area contributed by atoms with Crippen molar-refractivity contribution in [1.29, 1.82) is 0 Å². The second-order valence-corrected chi connectivity index (χ2v) is 6.29. The van der Waals surface area contributed by atoms with E-state index >= 15 is 0 Å². The van der Waals surface area contributed by atoms with Crippen LogP contribution in [0.15, 0.2) is 30.3 Å². The lowest BCUT2D eigenvalue weighted by molar-refractivity contribution is 0.395. The van der Waals surface area contributed by atoms with E-state index in [0.717, 1.165) is 6.54 Å². The first-order valence-electron chi connectivity index (χ1n) is 6.34. The van der Waals surface area contributed by atoms with Crippen molar-refractivity contribution in [2.45, 2.75) is 38.6 Å². The SMILES string of the molecule is CSCCNC(C)CC(C)(C)c1ccccc1. The van der Waals surface area contributed by atoms with Crippen LogP contribution >= 0.6 is 11.8 Å². The molecule has 0 bridgehead atoms. The van der Waals surface area contributed by atoms with Crippen LogP contribution in [0.2, 0.25) is 0 Å². The summed E-state index contributed by atoms with van der Waals surface area (Å²) in [7, 11) is 0.